The minimum atomic E-state index is -0.989. The Morgan fingerprint density at radius 2 is 2.17 bits per heavy atom. The zero-order chi connectivity index (χ0) is 13.3. The van der Waals surface area contributed by atoms with Crippen molar-refractivity contribution in [2.24, 2.45) is 0 Å². The molecule has 0 radical (unpaired) electrons. The molecule has 1 heterocycles. The maximum Gasteiger partial charge on any atom is 0.313 e. The highest BCUT2D eigenvalue weighted by Gasteiger charge is 2.18. The maximum atomic E-state index is 10.9. The van der Waals surface area contributed by atoms with Crippen LogP contribution in [-0.4, -0.2) is 28.2 Å². The van der Waals surface area contributed by atoms with Gasteiger partial charge in [0, 0.05) is 11.5 Å². The first-order valence-corrected chi connectivity index (χ1v) is 5.37. The van der Waals surface area contributed by atoms with Gasteiger partial charge in [0.05, 0.1) is 12.6 Å². The molecule has 2 aromatic rings. The molecule has 1 unspecified atom stereocenters. The molecule has 2 rings (SSSR count). The Morgan fingerprint density at radius 1 is 1.44 bits per heavy atom. The van der Waals surface area contributed by atoms with Crippen LogP contribution in [0.1, 0.15) is 18.7 Å². The van der Waals surface area contributed by atoms with Gasteiger partial charge in [-0.05, 0) is 19.1 Å². The average molecular weight is 247 g/mol. The highest BCUT2D eigenvalue weighted by atomic mass is 16.5. The number of carboxylic acids is 1. The molecule has 1 atom stereocenters. The molecular formula is C12H13N3O3. The van der Waals surface area contributed by atoms with Crippen LogP contribution in [0.3, 0.4) is 0 Å². The van der Waals surface area contributed by atoms with Crippen LogP contribution in [0.2, 0.25) is 0 Å². The van der Waals surface area contributed by atoms with Gasteiger partial charge in [-0.25, -0.2) is 9.97 Å². The first kappa shape index (κ1) is 12.1. The van der Waals surface area contributed by atoms with Crippen LogP contribution in [-0.2, 0) is 4.79 Å². The maximum absolute atomic E-state index is 10.9. The molecule has 1 aromatic carbocycles. The lowest BCUT2D eigenvalue weighted by Gasteiger charge is -2.09. The second-order valence-corrected chi connectivity index (χ2v) is 3.91. The highest BCUT2D eigenvalue weighted by Crippen LogP contribution is 2.24. The predicted molar refractivity (Wildman–Crippen MR) is 66.6 cm³/mol. The third-order valence-corrected chi connectivity index (χ3v) is 2.71. The summed E-state index contributed by atoms with van der Waals surface area (Å²) in [6, 6.07) is 5.20. The van der Waals surface area contributed by atoms with Gasteiger partial charge in [-0.2, -0.15) is 0 Å². The van der Waals surface area contributed by atoms with Crippen molar-refractivity contribution in [3.63, 3.8) is 0 Å². The van der Waals surface area contributed by atoms with E-state index >= 15 is 0 Å². The molecule has 1 aromatic heterocycles. The molecule has 0 aliphatic heterocycles. The summed E-state index contributed by atoms with van der Waals surface area (Å²) in [7, 11) is 1.55. The lowest BCUT2D eigenvalue weighted by Crippen LogP contribution is -2.12. The van der Waals surface area contributed by atoms with E-state index in [9.17, 15) is 4.79 Å². The standard InChI is InChI=1S/C12H13N3O3/c1-6(12(16)17)11-14-9-5-7(18-2)3-4-8(9)10(13)15-11/h3-6H,1-2H3,(H,16,17)(H2,13,14,15). The number of nitrogens with two attached hydrogens (primary N) is 1. The van der Waals surface area contributed by atoms with Crippen LogP contribution in [0.15, 0.2) is 18.2 Å². The number of hydrogen-bond donors (Lipinski definition) is 2. The Labute approximate surface area is 103 Å². The summed E-state index contributed by atoms with van der Waals surface area (Å²) < 4.78 is 5.09. The van der Waals surface area contributed by atoms with Gasteiger partial charge in [0.2, 0.25) is 0 Å². The van der Waals surface area contributed by atoms with Crippen molar-refractivity contribution in [1.82, 2.24) is 9.97 Å². The molecule has 6 nitrogen and oxygen atoms in total. The summed E-state index contributed by atoms with van der Waals surface area (Å²) >= 11 is 0. The summed E-state index contributed by atoms with van der Waals surface area (Å²) in [5.41, 5.74) is 6.38. The van der Waals surface area contributed by atoms with E-state index in [0.29, 0.717) is 16.7 Å². The summed E-state index contributed by atoms with van der Waals surface area (Å²) in [4.78, 5) is 19.2. The molecule has 0 fully saturated rings. The number of aromatic nitrogens is 2. The summed E-state index contributed by atoms with van der Waals surface area (Å²) in [6.07, 6.45) is 0. The van der Waals surface area contributed by atoms with E-state index in [4.69, 9.17) is 15.6 Å². The fourth-order valence-electron chi connectivity index (χ4n) is 1.58. The van der Waals surface area contributed by atoms with Crippen molar-refractivity contribution in [3.05, 3.63) is 24.0 Å². The van der Waals surface area contributed by atoms with Crippen molar-refractivity contribution < 1.29 is 14.6 Å². The van der Waals surface area contributed by atoms with Crippen molar-refractivity contribution in [3.8, 4) is 5.75 Å². The number of methoxy groups -OCH3 is 1. The zero-order valence-corrected chi connectivity index (χ0v) is 10.0. The molecule has 94 valence electrons. The summed E-state index contributed by atoms with van der Waals surface area (Å²) in [6.45, 7) is 1.52. The van der Waals surface area contributed by atoms with E-state index in [1.165, 1.54) is 6.92 Å². The fraction of sp³-hybridized carbons (Fsp3) is 0.250. The Balaban J connectivity index is 2.62. The monoisotopic (exact) mass is 247 g/mol. The number of benzene rings is 1. The molecule has 18 heavy (non-hydrogen) atoms. The molecule has 0 saturated carbocycles. The number of nitrogen functional groups attached to an aromatic ring is 1. The van der Waals surface area contributed by atoms with E-state index in [0.717, 1.165) is 0 Å². The second kappa shape index (κ2) is 4.48. The van der Waals surface area contributed by atoms with Crippen LogP contribution in [0.4, 0.5) is 5.82 Å². The predicted octanol–water partition coefficient (Wildman–Crippen LogP) is 1.41. The van der Waals surface area contributed by atoms with Crippen molar-refractivity contribution in [1.29, 1.82) is 0 Å². The van der Waals surface area contributed by atoms with E-state index in [1.54, 1.807) is 25.3 Å². The highest BCUT2D eigenvalue weighted by molar-refractivity contribution is 5.89. The Bertz CT molecular complexity index is 613. The quantitative estimate of drug-likeness (QED) is 0.850. The van der Waals surface area contributed by atoms with Crippen molar-refractivity contribution >= 4 is 22.7 Å². The Morgan fingerprint density at radius 3 is 2.78 bits per heavy atom. The van der Waals surface area contributed by atoms with E-state index < -0.39 is 11.9 Å². The SMILES string of the molecule is COc1ccc2c(N)nc(C(C)C(=O)O)nc2c1. The number of fused-ring (bicyclic) bond motifs is 1. The first-order valence-electron chi connectivity index (χ1n) is 5.37. The minimum absolute atomic E-state index is 0.195. The summed E-state index contributed by atoms with van der Waals surface area (Å²) in [5.74, 6) is -0.694. The third kappa shape index (κ3) is 2.04. The van der Waals surface area contributed by atoms with Gasteiger partial charge in [-0.3, -0.25) is 4.79 Å². The number of aliphatic carboxylic acids is 1. The largest absolute Gasteiger partial charge is 0.497 e. The molecular weight excluding hydrogens is 234 g/mol. The van der Waals surface area contributed by atoms with E-state index in [-0.39, 0.29) is 11.6 Å². The van der Waals surface area contributed by atoms with E-state index in [1.807, 2.05) is 0 Å². The fourth-order valence-corrected chi connectivity index (χ4v) is 1.58. The lowest BCUT2D eigenvalue weighted by molar-refractivity contribution is -0.138. The number of hydrogen-bond acceptors (Lipinski definition) is 5. The number of carboxylic acid groups (broad SMARTS) is 1. The van der Waals surface area contributed by atoms with Gasteiger partial charge in [-0.1, -0.05) is 0 Å². The zero-order valence-electron chi connectivity index (χ0n) is 10.0. The number of ether oxygens (including phenoxy) is 1. The smallest absolute Gasteiger partial charge is 0.313 e. The summed E-state index contributed by atoms with van der Waals surface area (Å²) in [5, 5.41) is 9.63. The number of rotatable bonds is 3. The van der Waals surface area contributed by atoms with Gasteiger partial charge in [0.25, 0.3) is 0 Å². The average Bonchev–Trinajstić information content (AvgIpc) is 2.36. The van der Waals surface area contributed by atoms with Crippen LogP contribution in [0.5, 0.6) is 5.75 Å². The topological polar surface area (TPSA) is 98.3 Å². The molecule has 0 aliphatic rings. The van der Waals surface area contributed by atoms with Crippen molar-refractivity contribution in [2.75, 3.05) is 12.8 Å². The minimum Gasteiger partial charge on any atom is -0.497 e. The van der Waals surface area contributed by atoms with Crippen LogP contribution in [0, 0.1) is 0 Å². The van der Waals surface area contributed by atoms with Gasteiger partial charge >= 0.3 is 5.97 Å². The molecule has 0 bridgehead atoms. The molecule has 0 aliphatic carbocycles. The van der Waals surface area contributed by atoms with Gasteiger partial charge in [0.1, 0.15) is 23.3 Å². The number of anilines is 1. The molecule has 3 N–H and O–H groups in total. The normalized spacial score (nSPS) is 12.3. The van der Waals surface area contributed by atoms with Crippen LogP contribution < -0.4 is 10.5 Å². The number of nitrogens with zero attached hydrogens (tertiary/aromatic N) is 2. The molecule has 6 heteroatoms. The number of carbonyl (C=O) groups is 1. The van der Waals surface area contributed by atoms with Gasteiger partial charge in [0.15, 0.2) is 0 Å². The first-order chi connectivity index (χ1) is 8.52. The molecule has 0 amide bonds. The Hall–Kier alpha value is -2.37. The lowest BCUT2D eigenvalue weighted by atomic mass is 10.1. The molecule has 0 spiro atoms. The third-order valence-electron chi connectivity index (χ3n) is 2.71. The Kier molecular flexibility index (Phi) is 3.01. The van der Waals surface area contributed by atoms with Crippen molar-refractivity contribution in [2.45, 2.75) is 12.8 Å². The van der Waals surface area contributed by atoms with Crippen LogP contribution in [0.25, 0.3) is 10.9 Å². The second-order valence-electron chi connectivity index (χ2n) is 3.91. The molecule has 0 saturated heterocycles. The van der Waals surface area contributed by atoms with Crippen LogP contribution >= 0.6 is 0 Å². The van der Waals surface area contributed by atoms with Gasteiger partial charge < -0.3 is 15.6 Å². The van der Waals surface area contributed by atoms with E-state index in [2.05, 4.69) is 9.97 Å². The van der Waals surface area contributed by atoms with Gasteiger partial charge in [-0.15, -0.1) is 0 Å².